The molecule has 91 valence electrons. The molecule has 15 heavy (non-hydrogen) atoms. The summed E-state index contributed by atoms with van der Waals surface area (Å²) in [6, 6.07) is 0. The first-order valence-electron chi connectivity index (χ1n) is 4.69. The average Bonchev–Trinajstić information content (AvgIpc) is 2.24. The van der Waals surface area contributed by atoms with E-state index in [1.54, 1.807) is 20.8 Å². The van der Waals surface area contributed by atoms with Gasteiger partial charge in [0.05, 0.1) is 11.3 Å². The minimum atomic E-state index is -0.921. The normalized spacial score (nSPS) is 33.1. The van der Waals surface area contributed by atoms with Crippen LogP contribution in [0.1, 0.15) is 33.6 Å². The van der Waals surface area contributed by atoms with Crippen molar-refractivity contribution >= 4 is 11.9 Å². The standard InChI is InChI=1S/C10H16O4.Ag/c1-9(2)6(7(11)12)4-5-10(9,3)8(13)14;/h6H,4-5H2,1-3H3,(H,11,12)(H,13,14);. The molecule has 1 saturated carbocycles. The molecule has 0 aromatic heterocycles. The number of carbonyl (C=O) groups is 2. The van der Waals surface area contributed by atoms with E-state index in [-0.39, 0.29) is 22.4 Å². The molecule has 1 fully saturated rings. The summed E-state index contributed by atoms with van der Waals surface area (Å²) in [4.78, 5) is 22.0. The molecule has 1 aliphatic rings. The van der Waals surface area contributed by atoms with Crippen molar-refractivity contribution in [1.82, 2.24) is 0 Å². The SMILES string of the molecule is CC1(C(=O)O)CCC(C(=O)O)C1(C)C.[Ag]. The zero-order valence-corrected chi connectivity index (χ0v) is 10.5. The number of carboxylic acid groups (broad SMARTS) is 2. The maximum atomic E-state index is 11.1. The largest absolute Gasteiger partial charge is 0.481 e. The molecule has 2 unspecified atom stereocenters. The van der Waals surface area contributed by atoms with Gasteiger partial charge in [-0.1, -0.05) is 13.8 Å². The van der Waals surface area contributed by atoms with E-state index in [1.807, 2.05) is 0 Å². The fraction of sp³-hybridized carbons (Fsp3) is 0.800. The van der Waals surface area contributed by atoms with Crippen LogP contribution in [0.2, 0.25) is 0 Å². The second kappa shape index (κ2) is 4.28. The molecule has 0 aliphatic heterocycles. The summed E-state index contributed by atoms with van der Waals surface area (Å²) in [7, 11) is 0. The molecule has 2 atom stereocenters. The summed E-state index contributed by atoms with van der Waals surface area (Å²) in [5, 5.41) is 18.1. The Kier molecular flexibility index (Phi) is 4.19. The van der Waals surface area contributed by atoms with Gasteiger partial charge in [-0.2, -0.15) is 0 Å². The Morgan fingerprint density at radius 3 is 1.87 bits per heavy atom. The molecule has 2 N–H and O–H groups in total. The van der Waals surface area contributed by atoms with Crippen molar-refractivity contribution in [2.45, 2.75) is 33.6 Å². The Morgan fingerprint density at radius 2 is 1.67 bits per heavy atom. The third kappa shape index (κ3) is 1.98. The number of hydrogen-bond donors (Lipinski definition) is 2. The van der Waals surface area contributed by atoms with Crippen molar-refractivity contribution < 1.29 is 42.2 Å². The van der Waals surface area contributed by atoms with E-state index >= 15 is 0 Å². The molecule has 0 bridgehead atoms. The van der Waals surface area contributed by atoms with Gasteiger partial charge in [-0.15, -0.1) is 0 Å². The first kappa shape index (κ1) is 14.7. The topological polar surface area (TPSA) is 74.6 Å². The van der Waals surface area contributed by atoms with Crippen molar-refractivity contribution in [1.29, 1.82) is 0 Å². The summed E-state index contributed by atoms with van der Waals surface area (Å²) >= 11 is 0. The molecule has 0 saturated heterocycles. The molecular formula is C10H16AgO4. The predicted octanol–water partition coefficient (Wildman–Crippen LogP) is 1.60. The van der Waals surface area contributed by atoms with Crippen LogP contribution in [-0.2, 0) is 32.0 Å². The Bertz CT molecular complexity index is 287. The number of rotatable bonds is 2. The summed E-state index contributed by atoms with van der Waals surface area (Å²) in [5.74, 6) is -2.34. The van der Waals surface area contributed by atoms with Crippen molar-refractivity contribution in [3.63, 3.8) is 0 Å². The van der Waals surface area contributed by atoms with Crippen LogP contribution in [0.4, 0.5) is 0 Å². The van der Waals surface area contributed by atoms with E-state index in [9.17, 15) is 9.59 Å². The number of carboxylic acids is 2. The quantitative estimate of drug-likeness (QED) is 0.760. The molecule has 0 aromatic rings. The molecule has 0 aromatic carbocycles. The number of hydrogen-bond acceptors (Lipinski definition) is 2. The van der Waals surface area contributed by atoms with Crippen LogP contribution in [0.15, 0.2) is 0 Å². The molecule has 5 heteroatoms. The Labute approximate surface area is 105 Å². The van der Waals surface area contributed by atoms with Gasteiger partial charge >= 0.3 is 11.9 Å². The minimum absolute atomic E-state index is 0. The predicted molar refractivity (Wildman–Crippen MR) is 49.9 cm³/mol. The zero-order valence-electron chi connectivity index (χ0n) is 9.00. The maximum Gasteiger partial charge on any atom is 0.309 e. The molecule has 1 aliphatic carbocycles. The van der Waals surface area contributed by atoms with Gasteiger partial charge in [0.25, 0.3) is 0 Å². The van der Waals surface area contributed by atoms with Crippen LogP contribution in [0.3, 0.4) is 0 Å². The van der Waals surface area contributed by atoms with Gasteiger partial charge in [0.2, 0.25) is 0 Å². The summed E-state index contributed by atoms with van der Waals surface area (Å²) in [6.07, 6.45) is 0.886. The van der Waals surface area contributed by atoms with Crippen LogP contribution in [0.5, 0.6) is 0 Å². The third-order valence-corrected chi connectivity index (χ3v) is 4.00. The van der Waals surface area contributed by atoms with Gasteiger partial charge < -0.3 is 10.2 Å². The van der Waals surface area contributed by atoms with Crippen molar-refractivity contribution in [3.05, 3.63) is 0 Å². The van der Waals surface area contributed by atoms with Crippen LogP contribution in [0, 0.1) is 16.7 Å². The van der Waals surface area contributed by atoms with Gasteiger partial charge in [0, 0.05) is 22.4 Å². The average molecular weight is 308 g/mol. The second-order valence-corrected chi connectivity index (χ2v) is 4.79. The van der Waals surface area contributed by atoms with Crippen molar-refractivity contribution in [3.8, 4) is 0 Å². The Hall–Kier alpha value is -0.320. The monoisotopic (exact) mass is 307 g/mol. The third-order valence-electron chi connectivity index (χ3n) is 4.00. The molecule has 0 amide bonds. The van der Waals surface area contributed by atoms with E-state index < -0.39 is 28.7 Å². The van der Waals surface area contributed by atoms with E-state index in [1.165, 1.54) is 0 Å². The van der Waals surface area contributed by atoms with Gasteiger partial charge in [-0.3, -0.25) is 9.59 Å². The molecular weight excluding hydrogens is 292 g/mol. The first-order chi connectivity index (χ1) is 6.23. The van der Waals surface area contributed by atoms with Gasteiger partial charge in [0.1, 0.15) is 0 Å². The molecule has 0 heterocycles. The van der Waals surface area contributed by atoms with Crippen molar-refractivity contribution in [2.24, 2.45) is 16.7 Å². The smallest absolute Gasteiger partial charge is 0.309 e. The molecule has 4 nitrogen and oxygen atoms in total. The van der Waals surface area contributed by atoms with E-state index in [4.69, 9.17) is 10.2 Å². The number of aliphatic carboxylic acids is 2. The fourth-order valence-electron chi connectivity index (χ4n) is 2.32. The van der Waals surface area contributed by atoms with Crippen LogP contribution < -0.4 is 0 Å². The van der Waals surface area contributed by atoms with Gasteiger partial charge in [-0.25, -0.2) is 0 Å². The van der Waals surface area contributed by atoms with Gasteiger partial charge in [-0.05, 0) is 25.2 Å². The summed E-state index contributed by atoms with van der Waals surface area (Å²) in [5.41, 5.74) is -1.61. The Balaban J connectivity index is 0.00000196. The van der Waals surface area contributed by atoms with Gasteiger partial charge in [0.15, 0.2) is 0 Å². The minimum Gasteiger partial charge on any atom is -0.481 e. The molecule has 1 rings (SSSR count). The van der Waals surface area contributed by atoms with Crippen LogP contribution in [0.25, 0.3) is 0 Å². The molecule has 0 spiro atoms. The second-order valence-electron chi connectivity index (χ2n) is 4.79. The van der Waals surface area contributed by atoms with E-state index in [2.05, 4.69) is 0 Å². The van der Waals surface area contributed by atoms with E-state index in [0.29, 0.717) is 12.8 Å². The summed E-state index contributed by atoms with van der Waals surface area (Å²) in [6.45, 7) is 5.10. The zero-order chi connectivity index (χ0) is 11.1. The van der Waals surface area contributed by atoms with E-state index in [0.717, 1.165) is 0 Å². The summed E-state index contributed by atoms with van der Waals surface area (Å²) < 4.78 is 0. The first-order valence-corrected chi connectivity index (χ1v) is 4.69. The fourth-order valence-corrected chi connectivity index (χ4v) is 2.32. The van der Waals surface area contributed by atoms with Crippen LogP contribution in [-0.4, -0.2) is 22.2 Å². The maximum absolute atomic E-state index is 11.1. The van der Waals surface area contributed by atoms with Crippen molar-refractivity contribution in [2.75, 3.05) is 0 Å². The Morgan fingerprint density at radius 1 is 1.20 bits per heavy atom. The molecule has 1 radical (unpaired) electrons. The van der Waals surface area contributed by atoms with Crippen LogP contribution >= 0.6 is 0 Å².